The molecular weight excluding hydrogens is 312 g/mol. The molecule has 0 aliphatic carbocycles. The van der Waals surface area contributed by atoms with Crippen LogP contribution in [-0.4, -0.2) is 30.0 Å². The molecule has 4 nitrogen and oxygen atoms in total. The van der Waals surface area contributed by atoms with Crippen molar-refractivity contribution >= 4 is 0 Å². The van der Waals surface area contributed by atoms with Crippen LogP contribution in [0.2, 0.25) is 0 Å². The van der Waals surface area contributed by atoms with Crippen LogP contribution in [0.4, 0.5) is 0 Å². The van der Waals surface area contributed by atoms with Crippen molar-refractivity contribution < 1.29 is 4.92 Å². The van der Waals surface area contributed by atoms with Crippen LogP contribution in [0.5, 0.6) is 0 Å². The Morgan fingerprint density at radius 3 is 2.08 bits per heavy atom. The Hall–Kier alpha value is -1.42. The highest BCUT2D eigenvalue weighted by Crippen LogP contribution is 2.25. The molecule has 0 spiro atoms. The van der Waals surface area contributed by atoms with Gasteiger partial charge < -0.3 is 4.90 Å². The predicted octanol–water partition coefficient (Wildman–Crippen LogP) is 5.86. The molecule has 0 radical (unpaired) electrons. The topological polar surface area (TPSA) is 46.4 Å². The summed E-state index contributed by atoms with van der Waals surface area (Å²) in [6.07, 6.45) is 10.7. The maximum atomic E-state index is 11.4. The van der Waals surface area contributed by atoms with Crippen LogP contribution in [0, 0.1) is 10.1 Å². The molecule has 0 saturated heterocycles. The molecule has 0 heterocycles. The average molecular weight is 349 g/mol. The average Bonchev–Trinajstić information content (AvgIpc) is 2.59. The second-order valence-electron chi connectivity index (χ2n) is 7.32. The van der Waals surface area contributed by atoms with Crippen LogP contribution in [0.25, 0.3) is 0 Å². The van der Waals surface area contributed by atoms with Gasteiger partial charge in [0.15, 0.2) is 0 Å². The lowest BCUT2D eigenvalue weighted by molar-refractivity contribution is -0.524. The third-order valence-corrected chi connectivity index (χ3v) is 5.02. The van der Waals surface area contributed by atoms with Crippen molar-refractivity contribution in [2.75, 3.05) is 14.1 Å². The van der Waals surface area contributed by atoms with Crippen LogP contribution >= 0.6 is 0 Å². The van der Waals surface area contributed by atoms with Crippen molar-refractivity contribution in [1.29, 1.82) is 0 Å². The Bertz CT molecular complexity index is 462. The van der Waals surface area contributed by atoms with E-state index in [-0.39, 0.29) is 11.0 Å². The summed E-state index contributed by atoms with van der Waals surface area (Å²) in [5.74, 6) is 0. The summed E-state index contributed by atoms with van der Waals surface area (Å²) in [4.78, 5) is 13.5. The van der Waals surface area contributed by atoms with Crippen LogP contribution in [0.15, 0.2) is 30.3 Å². The van der Waals surface area contributed by atoms with Gasteiger partial charge in [-0.2, -0.15) is 0 Å². The summed E-state index contributed by atoms with van der Waals surface area (Å²) >= 11 is 0. The lowest BCUT2D eigenvalue weighted by atomic mass is 9.96. The minimum atomic E-state index is -0.401. The molecule has 1 aromatic rings. The Balaban J connectivity index is 2.39. The summed E-state index contributed by atoms with van der Waals surface area (Å²) in [5.41, 5.74) is 1.24. The number of unbranched alkanes of at least 4 members (excludes halogenated alkanes) is 6. The number of rotatable bonds is 14. The van der Waals surface area contributed by atoms with E-state index >= 15 is 0 Å². The highest BCUT2D eigenvalue weighted by atomic mass is 16.6. The molecule has 1 aromatic carbocycles. The molecule has 0 aromatic heterocycles. The molecule has 0 fully saturated rings. The molecule has 142 valence electrons. The quantitative estimate of drug-likeness (QED) is 0.240. The molecule has 4 heteroatoms. The third-order valence-electron chi connectivity index (χ3n) is 5.02. The van der Waals surface area contributed by atoms with Gasteiger partial charge in [-0.25, -0.2) is 0 Å². The Kier molecular flexibility index (Phi) is 11.1. The summed E-state index contributed by atoms with van der Waals surface area (Å²) in [7, 11) is 4.10. The van der Waals surface area contributed by atoms with Crippen LogP contribution in [0.1, 0.15) is 82.7 Å². The maximum Gasteiger partial charge on any atom is 0.213 e. The fraction of sp³-hybridized carbons (Fsp3) is 0.714. The molecule has 0 amide bonds. The standard InChI is InChI=1S/C21H36N2O2/c1-4-5-6-7-8-9-13-16-20(23(24)25)17-18-21(22(2)3)19-14-11-10-12-15-19/h10-12,14-15,20-21H,4-9,13,16-18H2,1-3H3. The van der Waals surface area contributed by atoms with E-state index in [9.17, 15) is 10.1 Å². The summed E-state index contributed by atoms with van der Waals surface area (Å²) in [5, 5.41) is 11.4. The van der Waals surface area contributed by atoms with Gasteiger partial charge in [0.1, 0.15) is 0 Å². The van der Waals surface area contributed by atoms with E-state index < -0.39 is 6.04 Å². The Labute approximate surface area is 153 Å². The predicted molar refractivity (Wildman–Crippen MR) is 105 cm³/mol. The van der Waals surface area contributed by atoms with Gasteiger partial charge in [-0.1, -0.05) is 75.8 Å². The summed E-state index contributed by atoms with van der Waals surface area (Å²) < 4.78 is 0. The van der Waals surface area contributed by atoms with Crippen molar-refractivity contribution in [2.24, 2.45) is 0 Å². The molecule has 2 unspecified atom stereocenters. The van der Waals surface area contributed by atoms with Crippen LogP contribution in [-0.2, 0) is 0 Å². The van der Waals surface area contributed by atoms with E-state index in [2.05, 4.69) is 38.1 Å². The van der Waals surface area contributed by atoms with E-state index in [0.717, 1.165) is 25.7 Å². The second-order valence-corrected chi connectivity index (χ2v) is 7.32. The second kappa shape index (κ2) is 12.9. The van der Waals surface area contributed by atoms with E-state index in [1.54, 1.807) is 0 Å². The van der Waals surface area contributed by atoms with E-state index in [0.29, 0.717) is 6.42 Å². The molecule has 0 aliphatic heterocycles. The van der Waals surface area contributed by atoms with Crippen molar-refractivity contribution in [1.82, 2.24) is 4.90 Å². The van der Waals surface area contributed by atoms with Gasteiger partial charge in [0.25, 0.3) is 0 Å². The number of nitro groups is 1. The monoisotopic (exact) mass is 348 g/mol. The zero-order chi connectivity index (χ0) is 18.5. The number of hydrogen-bond acceptors (Lipinski definition) is 3. The Morgan fingerprint density at radius 1 is 0.920 bits per heavy atom. The first-order valence-electron chi connectivity index (χ1n) is 9.91. The largest absolute Gasteiger partial charge is 0.302 e. The van der Waals surface area contributed by atoms with Crippen LogP contribution < -0.4 is 0 Å². The number of hydrogen-bond donors (Lipinski definition) is 0. The first-order chi connectivity index (χ1) is 12.1. The highest BCUT2D eigenvalue weighted by molar-refractivity contribution is 5.18. The molecular formula is C21H36N2O2. The Morgan fingerprint density at radius 2 is 1.52 bits per heavy atom. The van der Waals surface area contributed by atoms with Gasteiger partial charge in [0, 0.05) is 23.8 Å². The van der Waals surface area contributed by atoms with Gasteiger partial charge in [-0.3, -0.25) is 10.1 Å². The van der Waals surface area contributed by atoms with Crippen LogP contribution in [0.3, 0.4) is 0 Å². The molecule has 25 heavy (non-hydrogen) atoms. The van der Waals surface area contributed by atoms with Crippen molar-refractivity contribution in [3.8, 4) is 0 Å². The summed E-state index contributed by atoms with van der Waals surface area (Å²) in [6.45, 7) is 2.22. The van der Waals surface area contributed by atoms with Gasteiger partial charge in [-0.15, -0.1) is 0 Å². The molecule has 0 saturated carbocycles. The number of benzene rings is 1. The zero-order valence-electron chi connectivity index (χ0n) is 16.3. The van der Waals surface area contributed by atoms with Crippen molar-refractivity contribution in [2.45, 2.75) is 83.2 Å². The molecule has 0 N–H and O–H groups in total. The lowest BCUT2D eigenvalue weighted by Gasteiger charge is -2.25. The smallest absolute Gasteiger partial charge is 0.213 e. The minimum absolute atomic E-state index is 0.0607. The zero-order valence-corrected chi connectivity index (χ0v) is 16.3. The van der Waals surface area contributed by atoms with E-state index in [1.807, 2.05) is 18.2 Å². The fourth-order valence-corrected chi connectivity index (χ4v) is 3.44. The maximum absolute atomic E-state index is 11.4. The van der Waals surface area contributed by atoms with Crippen molar-refractivity contribution in [3.63, 3.8) is 0 Å². The first kappa shape index (κ1) is 21.6. The van der Waals surface area contributed by atoms with E-state index in [1.165, 1.54) is 37.7 Å². The number of nitrogens with zero attached hydrogens (tertiary/aromatic N) is 2. The SMILES string of the molecule is CCCCCCCCCC(CCC(c1ccccc1)N(C)C)[N+](=O)[O-]. The fourth-order valence-electron chi connectivity index (χ4n) is 3.44. The van der Waals surface area contributed by atoms with Gasteiger partial charge in [0.05, 0.1) is 0 Å². The highest BCUT2D eigenvalue weighted by Gasteiger charge is 2.23. The van der Waals surface area contributed by atoms with E-state index in [4.69, 9.17) is 0 Å². The summed E-state index contributed by atoms with van der Waals surface area (Å²) in [6, 6.07) is 10.2. The minimum Gasteiger partial charge on any atom is -0.302 e. The molecule has 0 bridgehead atoms. The normalized spacial score (nSPS) is 13.8. The van der Waals surface area contributed by atoms with Gasteiger partial charge in [0.2, 0.25) is 6.04 Å². The van der Waals surface area contributed by atoms with Crippen molar-refractivity contribution in [3.05, 3.63) is 46.0 Å². The van der Waals surface area contributed by atoms with Gasteiger partial charge >= 0.3 is 0 Å². The molecule has 0 aliphatic rings. The third kappa shape index (κ3) is 9.01. The lowest BCUT2D eigenvalue weighted by Crippen LogP contribution is -2.25. The molecule has 2 atom stereocenters. The van der Waals surface area contributed by atoms with Gasteiger partial charge in [-0.05, 0) is 32.5 Å². The molecule has 1 rings (SSSR count). The first-order valence-corrected chi connectivity index (χ1v) is 9.91.